The van der Waals surface area contributed by atoms with Gasteiger partial charge < -0.3 is 9.84 Å². The topological polar surface area (TPSA) is 32.7 Å². The summed E-state index contributed by atoms with van der Waals surface area (Å²) in [4.78, 5) is 2.49. The number of rotatable bonds is 3. The normalized spacial score (nSPS) is 41.7. The summed E-state index contributed by atoms with van der Waals surface area (Å²) in [6.07, 6.45) is 5.47. The van der Waals surface area contributed by atoms with E-state index in [9.17, 15) is 5.11 Å². The van der Waals surface area contributed by atoms with E-state index in [1.54, 1.807) is 0 Å². The number of likely N-dealkylation sites (tertiary alicyclic amines) is 1. The fourth-order valence-electron chi connectivity index (χ4n) is 3.85. The van der Waals surface area contributed by atoms with E-state index in [1.807, 2.05) is 7.11 Å². The molecule has 0 aromatic rings. The van der Waals surface area contributed by atoms with Crippen LogP contribution < -0.4 is 0 Å². The Morgan fingerprint density at radius 2 is 2.05 bits per heavy atom. The molecule has 2 fully saturated rings. The van der Waals surface area contributed by atoms with Crippen molar-refractivity contribution in [3.05, 3.63) is 0 Å². The van der Waals surface area contributed by atoms with Crippen molar-refractivity contribution in [2.75, 3.05) is 20.2 Å². The highest BCUT2D eigenvalue weighted by Gasteiger charge is 2.39. The van der Waals surface area contributed by atoms with Crippen LogP contribution in [0, 0.1) is 11.8 Å². The summed E-state index contributed by atoms with van der Waals surface area (Å²) in [5.74, 6) is 1.50. The predicted octanol–water partition coefficient (Wildman–Crippen LogP) is 2.67. The molecule has 1 aliphatic heterocycles. The summed E-state index contributed by atoms with van der Waals surface area (Å²) in [7, 11) is 1.82. The lowest BCUT2D eigenvalue weighted by atomic mass is 9.76. The summed E-state index contributed by atoms with van der Waals surface area (Å²) in [5.41, 5.74) is -0.0251. The number of hydrogen-bond donors (Lipinski definition) is 1. The van der Waals surface area contributed by atoms with E-state index in [1.165, 1.54) is 12.8 Å². The van der Waals surface area contributed by atoms with Crippen molar-refractivity contribution in [1.29, 1.82) is 0 Å². The van der Waals surface area contributed by atoms with Crippen molar-refractivity contribution >= 4 is 0 Å². The summed E-state index contributed by atoms with van der Waals surface area (Å²) < 4.78 is 5.69. The molecule has 1 saturated heterocycles. The molecule has 0 aromatic heterocycles. The van der Waals surface area contributed by atoms with E-state index in [2.05, 4.69) is 25.7 Å². The van der Waals surface area contributed by atoms with Gasteiger partial charge in [-0.05, 0) is 57.4 Å². The van der Waals surface area contributed by atoms with Gasteiger partial charge in [0.05, 0.1) is 11.7 Å². The second-order valence-corrected chi connectivity index (χ2v) is 7.18. The highest BCUT2D eigenvalue weighted by molar-refractivity contribution is 4.93. The van der Waals surface area contributed by atoms with Crippen molar-refractivity contribution in [3.8, 4) is 0 Å². The molecule has 0 amide bonds. The first-order chi connectivity index (χ1) is 8.95. The van der Waals surface area contributed by atoms with E-state index in [-0.39, 0.29) is 11.7 Å². The van der Waals surface area contributed by atoms with Crippen LogP contribution in [0.4, 0.5) is 0 Å². The maximum absolute atomic E-state index is 10.4. The average molecular weight is 269 g/mol. The number of aliphatic hydroxyl groups excluding tert-OH is 1. The van der Waals surface area contributed by atoms with Crippen LogP contribution in [0.5, 0.6) is 0 Å². The zero-order chi connectivity index (χ0) is 14.0. The van der Waals surface area contributed by atoms with Crippen molar-refractivity contribution < 1.29 is 9.84 Å². The number of aliphatic hydroxyl groups is 1. The Labute approximate surface area is 118 Å². The Hall–Kier alpha value is -0.120. The van der Waals surface area contributed by atoms with Crippen LogP contribution in [0.1, 0.15) is 52.9 Å². The maximum Gasteiger partial charge on any atom is 0.0777 e. The SMILES string of the molecule is COC1(C)CCCN(C2CC(C(C)C)CCC2O)C1. The number of piperidine rings is 1. The molecule has 1 aliphatic carbocycles. The molecule has 1 N–H and O–H groups in total. The van der Waals surface area contributed by atoms with E-state index < -0.39 is 0 Å². The van der Waals surface area contributed by atoms with Crippen LogP contribution in [0.25, 0.3) is 0 Å². The van der Waals surface area contributed by atoms with Gasteiger partial charge in [0.15, 0.2) is 0 Å². The van der Waals surface area contributed by atoms with Gasteiger partial charge in [0.1, 0.15) is 0 Å². The van der Waals surface area contributed by atoms with Crippen LogP contribution >= 0.6 is 0 Å². The van der Waals surface area contributed by atoms with Crippen molar-refractivity contribution in [1.82, 2.24) is 4.90 Å². The highest BCUT2D eigenvalue weighted by atomic mass is 16.5. The lowest BCUT2D eigenvalue weighted by Gasteiger charge is -2.47. The standard InChI is InChI=1S/C16H31NO2/c1-12(2)13-6-7-15(18)14(10-13)17-9-5-8-16(3,11-17)19-4/h12-15,18H,5-11H2,1-4H3. The van der Waals surface area contributed by atoms with E-state index >= 15 is 0 Å². The predicted molar refractivity (Wildman–Crippen MR) is 78.2 cm³/mol. The van der Waals surface area contributed by atoms with Gasteiger partial charge in [-0.1, -0.05) is 13.8 Å². The van der Waals surface area contributed by atoms with Crippen molar-refractivity contribution in [3.63, 3.8) is 0 Å². The minimum atomic E-state index is -0.144. The first-order valence-corrected chi connectivity index (χ1v) is 7.92. The largest absolute Gasteiger partial charge is 0.391 e. The molecule has 4 unspecified atom stereocenters. The lowest BCUT2D eigenvalue weighted by Crippen LogP contribution is -2.56. The third-order valence-corrected chi connectivity index (χ3v) is 5.41. The molecule has 0 spiro atoms. The number of methoxy groups -OCH3 is 1. The number of ether oxygens (including phenoxy) is 1. The van der Waals surface area contributed by atoms with E-state index in [0.717, 1.165) is 44.2 Å². The van der Waals surface area contributed by atoms with Crippen LogP contribution in [-0.2, 0) is 4.74 Å². The van der Waals surface area contributed by atoms with Crippen LogP contribution in [0.2, 0.25) is 0 Å². The molecule has 112 valence electrons. The molecule has 1 saturated carbocycles. The Balaban J connectivity index is 2.02. The second-order valence-electron chi connectivity index (χ2n) is 7.18. The minimum Gasteiger partial charge on any atom is -0.391 e. The van der Waals surface area contributed by atoms with Crippen molar-refractivity contribution in [2.24, 2.45) is 11.8 Å². The monoisotopic (exact) mass is 269 g/mol. The third kappa shape index (κ3) is 3.50. The molecule has 0 bridgehead atoms. The summed E-state index contributed by atoms with van der Waals surface area (Å²) >= 11 is 0. The molecule has 4 atom stereocenters. The quantitative estimate of drug-likeness (QED) is 0.855. The average Bonchev–Trinajstić information content (AvgIpc) is 2.39. The Morgan fingerprint density at radius 1 is 1.32 bits per heavy atom. The van der Waals surface area contributed by atoms with Crippen LogP contribution in [0.3, 0.4) is 0 Å². The smallest absolute Gasteiger partial charge is 0.0777 e. The van der Waals surface area contributed by atoms with Gasteiger partial charge >= 0.3 is 0 Å². The van der Waals surface area contributed by atoms with Gasteiger partial charge in [-0.3, -0.25) is 4.90 Å². The molecular formula is C16H31NO2. The lowest BCUT2D eigenvalue weighted by molar-refractivity contribution is -0.0891. The summed E-state index contributed by atoms with van der Waals surface area (Å²) in [6.45, 7) is 8.92. The molecular weight excluding hydrogens is 238 g/mol. The first kappa shape index (κ1) is 15.3. The molecule has 2 aliphatic rings. The van der Waals surface area contributed by atoms with E-state index in [4.69, 9.17) is 4.74 Å². The fourth-order valence-corrected chi connectivity index (χ4v) is 3.85. The molecule has 0 radical (unpaired) electrons. The minimum absolute atomic E-state index is 0.0251. The Morgan fingerprint density at radius 3 is 2.68 bits per heavy atom. The molecule has 0 aromatic carbocycles. The fraction of sp³-hybridized carbons (Fsp3) is 1.00. The summed E-state index contributed by atoms with van der Waals surface area (Å²) in [6, 6.07) is 0.343. The molecule has 1 heterocycles. The van der Waals surface area contributed by atoms with Gasteiger partial charge in [0, 0.05) is 19.7 Å². The molecule has 3 heteroatoms. The zero-order valence-corrected chi connectivity index (χ0v) is 13.1. The first-order valence-electron chi connectivity index (χ1n) is 7.92. The molecule has 3 nitrogen and oxygen atoms in total. The van der Waals surface area contributed by atoms with Crippen molar-refractivity contribution in [2.45, 2.75) is 70.6 Å². The maximum atomic E-state index is 10.4. The molecule has 2 rings (SSSR count). The van der Waals surface area contributed by atoms with Gasteiger partial charge in [-0.25, -0.2) is 0 Å². The third-order valence-electron chi connectivity index (χ3n) is 5.41. The van der Waals surface area contributed by atoms with Gasteiger partial charge in [-0.2, -0.15) is 0 Å². The number of hydrogen-bond acceptors (Lipinski definition) is 3. The van der Waals surface area contributed by atoms with Gasteiger partial charge in [0.2, 0.25) is 0 Å². The zero-order valence-electron chi connectivity index (χ0n) is 13.1. The Bertz CT molecular complexity index is 294. The van der Waals surface area contributed by atoms with E-state index in [0.29, 0.717) is 6.04 Å². The number of nitrogens with zero attached hydrogens (tertiary/aromatic N) is 1. The second kappa shape index (κ2) is 6.11. The van der Waals surface area contributed by atoms with Crippen LogP contribution in [-0.4, -0.2) is 48.0 Å². The molecule has 19 heavy (non-hydrogen) atoms. The summed E-state index contributed by atoms with van der Waals surface area (Å²) in [5, 5.41) is 10.4. The van der Waals surface area contributed by atoms with Gasteiger partial charge in [-0.15, -0.1) is 0 Å². The van der Waals surface area contributed by atoms with Crippen LogP contribution in [0.15, 0.2) is 0 Å². The highest BCUT2D eigenvalue weighted by Crippen LogP contribution is 2.35. The Kier molecular flexibility index (Phi) is 4.91. The van der Waals surface area contributed by atoms with Gasteiger partial charge in [0.25, 0.3) is 0 Å².